The smallest absolute Gasteiger partial charge is 0.139 e. The Bertz CT molecular complexity index is 660. The third-order valence-corrected chi connectivity index (χ3v) is 3.23. The number of hydrogen-bond donors (Lipinski definition) is 1. The highest BCUT2D eigenvalue weighted by atomic mass is 19.1. The second-order valence-electron chi connectivity index (χ2n) is 4.59. The molecule has 0 aliphatic rings. The summed E-state index contributed by atoms with van der Waals surface area (Å²) < 4.78 is 14.7. The van der Waals surface area contributed by atoms with Crippen molar-refractivity contribution in [2.75, 3.05) is 0 Å². The SMILES string of the molecule is Oc1cc(-c2ccccc2)c(F)c(-c2ccccc2)c1. The summed E-state index contributed by atoms with van der Waals surface area (Å²) in [4.78, 5) is 0. The second-order valence-corrected chi connectivity index (χ2v) is 4.59. The molecule has 1 nitrogen and oxygen atoms in total. The highest BCUT2D eigenvalue weighted by molar-refractivity contribution is 5.76. The Labute approximate surface area is 117 Å². The minimum atomic E-state index is -0.319. The molecule has 0 saturated carbocycles. The first kappa shape index (κ1) is 12.4. The summed E-state index contributed by atoms with van der Waals surface area (Å²) in [6.07, 6.45) is 0. The molecule has 0 heterocycles. The summed E-state index contributed by atoms with van der Waals surface area (Å²) in [7, 11) is 0. The average Bonchev–Trinajstić information content (AvgIpc) is 2.51. The zero-order valence-electron chi connectivity index (χ0n) is 10.8. The van der Waals surface area contributed by atoms with Crippen molar-refractivity contribution in [3.8, 4) is 28.0 Å². The van der Waals surface area contributed by atoms with Crippen molar-refractivity contribution in [2.45, 2.75) is 0 Å². The molecule has 0 saturated heterocycles. The van der Waals surface area contributed by atoms with Gasteiger partial charge < -0.3 is 5.11 Å². The van der Waals surface area contributed by atoms with Crippen molar-refractivity contribution in [1.29, 1.82) is 0 Å². The Balaban J connectivity index is 2.22. The molecule has 0 amide bonds. The van der Waals surface area contributed by atoms with E-state index in [2.05, 4.69) is 0 Å². The van der Waals surface area contributed by atoms with Gasteiger partial charge in [-0.1, -0.05) is 60.7 Å². The van der Waals surface area contributed by atoms with Crippen molar-refractivity contribution >= 4 is 0 Å². The summed E-state index contributed by atoms with van der Waals surface area (Å²) >= 11 is 0. The summed E-state index contributed by atoms with van der Waals surface area (Å²) in [5.41, 5.74) is 2.31. The van der Waals surface area contributed by atoms with Crippen molar-refractivity contribution in [1.82, 2.24) is 0 Å². The summed E-state index contributed by atoms with van der Waals surface area (Å²) in [6, 6.07) is 21.4. The lowest BCUT2D eigenvalue weighted by atomic mass is 9.97. The molecule has 20 heavy (non-hydrogen) atoms. The van der Waals surface area contributed by atoms with Gasteiger partial charge in [-0.2, -0.15) is 0 Å². The van der Waals surface area contributed by atoms with Gasteiger partial charge in [0.25, 0.3) is 0 Å². The zero-order chi connectivity index (χ0) is 13.9. The van der Waals surface area contributed by atoms with Crippen LogP contribution >= 0.6 is 0 Å². The van der Waals surface area contributed by atoms with E-state index in [0.29, 0.717) is 11.1 Å². The monoisotopic (exact) mass is 264 g/mol. The third kappa shape index (κ3) is 2.28. The molecule has 98 valence electrons. The van der Waals surface area contributed by atoms with Gasteiger partial charge in [-0.3, -0.25) is 0 Å². The Hall–Kier alpha value is -2.61. The number of halogens is 1. The maximum atomic E-state index is 14.7. The van der Waals surface area contributed by atoms with Crippen molar-refractivity contribution in [2.24, 2.45) is 0 Å². The van der Waals surface area contributed by atoms with Crippen LogP contribution in [0.1, 0.15) is 0 Å². The van der Waals surface area contributed by atoms with Crippen LogP contribution in [0.4, 0.5) is 4.39 Å². The zero-order valence-corrected chi connectivity index (χ0v) is 10.8. The van der Waals surface area contributed by atoms with E-state index >= 15 is 0 Å². The Morgan fingerprint density at radius 2 is 1.05 bits per heavy atom. The summed E-state index contributed by atoms with van der Waals surface area (Å²) in [5, 5.41) is 9.87. The van der Waals surface area contributed by atoms with Crippen LogP contribution in [0.5, 0.6) is 5.75 Å². The molecule has 1 N–H and O–H groups in total. The van der Waals surface area contributed by atoms with Crippen LogP contribution in [0.25, 0.3) is 22.3 Å². The maximum Gasteiger partial charge on any atom is 0.139 e. The van der Waals surface area contributed by atoms with Crippen LogP contribution in [-0.4, -0.2) is 5.11 Å². The van der Waals surface area contributed by atoms with E-state index in [1.807, 2.05) is 60.7 Å². The lowest BCUT2D eigenvalue weighted by molar-refractivity contribution is 0.474. The van der Waals surface area contributed by atoms with E-state index in [1.54, 1.807) is 0 Å². The van der Waals surface area contributed by atoms with Crippen LogP contribution in [0.2, 0.25) is 0 Å². The number of rotatable bonds is 2. The summed E-state index contributed by atoms with van der Waals surface area (Å²) in [6.45, 7) is 0. The molecule has 0 aliphatic carbocycles. The molecular formula is C18H13FO. The molecular weight excluding hydrogens is 251 g/mol. The van der Waals surface area contributed by atoms with E-state index < -0.39 is 0 Å². The lowest BCUT2D eigenvalue weighted by Gasteiger charge is -2.10. The molecule has 2 heteroatoms. The van der Waals surface area contributed by atoms with Crippen molar-refractivity contribution in [3.63, 3.8) is 0 Å². The maximum absolute atomic E-state index is 14.7. The highest BCUT2D eigenvalue weighted by Gasteiger charge is 2.13. The number of phenolic OH excluding ortho intramolecular Hbond substituents is 1. The van der Waals surface area contributed by atoms with E-state index in [4.69, 9.17) is 0 Å². The predicted octanol–water partition coefficient (Wildman–Crippen LogP) is 4.87. The van der Waals surface area contributed by atoms with Crippen LogP contribution < -0.4 is 0 Å². The van der Waals surface area contributed by atoms with E-state index in [-0.39, 0.29) is 11.6 Å². The fourth-order valence-electron chi connectivity index (χ4n) is 2.26. The fraction of sp³-hybridized carbons (Fsp3) is 0. The Morgan fingerprint density at radius 1 is 0.650 bits per heavy atom. The normalized spacial score (nSPS) is 10.4. The molecule has 3 rings (SSSR count). The second kappa shape index (κ2) is 5.17. The van der Waals surface area contributed by atoms with Gasteiger partial charge in [-0.15, -0.1) is 0 Å². The first-order valence-electron chi connectivity index (χ1n) is 6.39. The summed E-state index contributed by atoms with van der Waals surface area (Å²) in [5.74, 6) is -0.260. The van der Waals surface area contributed by atoms with Crippen LogP contribution in [0.3, 0.4) is 0 Å². The number of phenols is 1. The van der Waals surface area contributed by atoms with Crippen LogP contribution in [0.15, 0.2) is 72.8 Å². The molecule has 0 aliphatic heterocycles. The fourth-order valence-corrected chi connectivity index (χ4v) is 2.26. The molecule has 3 aromatic rings. The number of benzene rings is 3. The molecule has 0 bridgehead atoms. The van der Waals surface area contributed by atoms with E-state index in [9.17, 15) is 9.50 Å². The number of hydrogen-bond acceptors (Lipinski definition) is 1. The van der Waals surface area contributed by atoms with Gasteiger partial charge in [-0.05, 0) is 23.3 Å². The Kier molecular flexibility index (Phi) is 3.21. The van der Waals surface area contributed by atoms with Gasteiger partial charge in [0.05, 0.1) is 0 Å². The first-order chi connectivity index (χ1) is 9.75. The van der Waals surface area contributed by atoms with Gasteiger partial charge in [0, 0.05) is 11.1 Å². The molecule has 3 aromatic carbocycles. The molecule has 0 fully saturated rings. The predicted molar refractivity (Wildman–Crippen MR) is 78.9 cm³/mol. The van der Waals surface area contributed by atoms with Gasteiger partial charge in [-0.25, -0.2) is 4.39 Å². The molecule has 0 radical (unpaired) electrons. The van der Waals surface area contributed by atoms with Gasteiger partial charge in [0.2, 0.25) is 0 Å². The van der Waals surface area contributed by atoms with Gasteiger partial charge >= 0.3 is 0 Å². The van der Waals surface area contributed by atoms with Crippen molar-refractivity contribution < 1.29 is 9.50 Å². The third-order valence-electron chi connectivity index (χ3n) is 3.23. The van der Waals surface area contributed by atoms with Gasteiger partial charge in [0.1, 0.15) is 11.6 Å². The average molecular weight is 264 g/mol. The van der Waals surface area contributed by atoms with Crippen molar-refractivity contribution in [3.05, 3.63) is 78.6 Å². The minimum absolute atomic E-state index is 0.0594. The standard InChI is InChI=1S/C18H13FO/c19-18-16(13-7-3-1-4-8-13)11-15(20)12-17(18)14-9-5-2-6-10-14/h1-12,20H. The lowest BCUT2D eigenvalue weighted by Crippen LogP contribution is -1.90. The minimum Gasteiger partial charge on any atom is -0.508 e. The van der Waals surface area contributed by atoms with Gasteiger partial charge in [0.15, 0.2) is 0 Å². The molecule has 0 atom stereocenters. The molecule has 0 unspecified atom stereocenters. The Morgan fingerprint density at radius 3 is 1.45 bits per heavy atom. The van der Waals surface area contributed by atoms with Crippen LogP contribution in [0, 0.1) is 5.82 Å². The highest BCUT2D eigenvalue weighted by Crippen LogP contribution is 2.34. The molecule has 0 aromatic heterocycles. The quantitative estimate of drug-likeness (QED) is 0.700. The first-order valence-corrected chi connectivity index (χ1v) is 6.39. The topological polar surface area (TPSA) is 20.2 Å². The number of aromatic hydroxyl groups is 1. The van der Waals surface area contributed by atoms with Crippen LogP contribution in [-0.2, 0) is 0 Å². The largest absolute Gasteiger partial charge is 0.508 e. The van der Waals surface area contributed by atoms with E-state index in [0.717, 1.165) is 11.1 Å². The van der Waals surface area contributed by atoms with E-state index in [1.165, 1.54) is 12.1 Å². The molecule has 0 spiro atoms.